The summed E-state index contributed by atoms with van der Waals surface area (Å²) in [4.78, 5) is 31.7. The van der Waals surface area contributed by atoms with Gasteiger partial charge in [0.15, 0.2) is 0 Å². The lowest BCUT2D eigenvalue weighted by atomic mass is 9.94. The highest BCUT2D eigenvalue weighted by molar-refractivity contribution is 5.88. The maximum atomic E-state index is 13.1. The molecule has 4 unspecified atom stereocenters. The molecule has 0 saturated carbocycles. The molecule has 160 valence electrons. The molecular formula is C22H33N3O4. The first-order valence-corrected chi connectivity index (χ1v) is 10.6. The second-order valence-electron chi connectivity index (χ2n) is 7.92. The van der Waals surface area contributed by atoms with Crippen molar-refractivity contribution in [3.8, 4) is 0 Å². The molecule has 0 radical (unpaired) electrons. The van der Waals surface area contributed by atoms with Gasteiger partial charge in [0.25, 0.3) is 5.91 Å². The fourth-order valence-electron chi connectivity index (χ4n) is 4.16. The van der Waals surface area contributed by atoms with Crippen molar-refractivity contribution in [2.45, 2.75) is 57.2 Å². The summed E-state index contributed by atoms with van der Waals surface area (Å²) in [6, 6.07) is 9.23. The zero-order valence-corrected chi connectivity index (χ0v) is 17.4. The summed E-state index contributed by atoms with van der Waals surface area (Å²) in [6.07, 6.45) is 4.13. The first-order valence-electron chi connectivity index (χ1n) is 10.6. The molecule has 1 aromatic rings. The molecule has 7 heteroatoms. The highest BCUT2D eigenvalue weighted by Gasteiger charge is 2.35. The van der Waals surface area contributed by atoms with Gasteiger partial charge < -0.3 is 15.4 Å². The molecule has 2 heterocycles. The van der Waals surface area contributed by atoms with E-state index in [1.807, 2.05) is 37.3 Å². The third kappa shape index (κ3) is 5.78. The Labute approximate surface area is 173 Å². The van der Waals surface area contributed by atoms with Crippen LogP contribution in [0, 0.1) is 5.92 Å². The Morgan fingerprint density at radius 2 is 2.07 bits per heavy atom. The summed E-state index contributed by atoms with van der Waals surface area (Å²) < 4.78 is 5.65. The molecule has 1 aromatic carbocycles. The molecule has 2 saturated heterocycles. The van der Waals surface area contributed by atoms with Crippen LogP contribution in [0.2, 0.25) is 0 Å². The van der Waals surface area contributed by atoms with Crippen molar-refractivity contribution in [3.63, 3.8) is 0 Å². The van der Waals surface area contributed by atoms with Gasteiger partial charge in [0.05, 0.1) is 18.6 Å². The fourth-order valence-corrected chi connectivity index (χ4v) is 4.16. The summed E-state index contributed by atoms with van der Waals surface area (Å²) in [5.41, 5.74) is 0.997. The smallest absolute Gasteiger partial charge is 0.269 e. The topological polar surface area (TPSA) is 79.9 Å². The zero-order chi connectivity index (χ0) is 20.6. The Morgan fingerprint density at radius 3 is 2.69 bits per heavy atom. The molecule has 2 N–H and O–H groups in total. The minimum Gasteiger partial charge on any atom is -0.379 e. The Kier molecular flexibility index (Phi) is 8.03. The van der Waals surface area contributed by atoms with Crippen LogP contribution in [0.25, 0.3) is 0 Å². The summed E-state index contributed by atoms with van der Waals surface area (Å²) >= 11 is 0. The number of hydroxylamine groups is 2. The number of ether oxygens (including phenoxy) is 1. The van der Waals surface area contributed by atoms with Crippen molar-refractivity contribution >= 4 is 11.8 Å². The van der Waals surface area contributed by atoms with E-state index in [9.17, 15) is 9.59 Å². The SMILES string of the molecule is COC(C1CCCN1)C(C)C(=O)NC(Cc1ccccc1)C(=O)N1CCCCO1. The quantitative estimate of drug-likeness (QED) is 0.690. The van der Waals surface area contributed by atoms with E-state index in [2.05, 4.69) is 10.6 Å². The Morgan fingerprint density at radius 1 is 1.28 bits per heavy atom. The number of nitrogens with one attached hydrogen (secondary N) is 2. The third-order valence-electron chi connectivity index (χ3n) is 5.82. The molecule has 0 aromatic heterocycles. The van der Waals surface area contributed by atoms with Gasteiger partial charge in [0, 0.05) is 26.1 Å². The van der Waals surface area contributed by atoms with Crippen LogP contribution in [-0.2, 0) is 25.6 Å². The molecule has 0 bridgehead atoms. The lowest BCUT2D eigenvalue weighted by Gasteiger charge is -2.32. The van der Waals surface area contributed by atoms with Gasteiger partial charge in [-0.2, -0.15) is 0 Å². The van der Waals surface area contributed by atoms with Crippen molar-refractivity contribution in [1.29, 1.82) is 0 Å². The number of amides is 2. The summed E-state index contributed by atoms with van der Waals surface area (Å²) in [6.45, 7) is 3.90. The van der Waals surface area contributed by atoms with E-state index in [4.69, 9.17) is 9.57 Å². The Bertz CT molecular complexity index is 657. The molecule has 2 aliphatic heterocycles. The Hall–Kier alpha value is -1.96. The van der Waals surface area contributed by atoms with Crippen LogP contribution in [0.1, 0.15) is 38.2 Å². The fraction of sp³-hybridized carbons (Fsp3) is 0.636. The molecule has 2 amide bonds. The number of nitrogens with zero attached hydrogens (tertiary/aromatic N) is 1. The summed E-state index contributed by atoms with van der Waals surface area (Å²) in [7, 11) is 1.64. The number of benzene rings is 1. The van der Waals surface area contributed by atoms with Crippen LogP contribution in [0.4, 0.5) is 0 Å². The summed E-state index contributed by atoms with van der Waals surface area (Å²) in [5.74, 6) is -0.733. The van der Waals surface area contributed by atoms with Crippen molar-refractivity contribution in [2.24, 2.45) is 5.92 Å². The van der Waals surface area contributed by atoms with E-state index in [1.54, 1.807) is 7.11 Å². The first kappa shape index (κ1) is 21.7. The molecule has 3 rings (SSSR count). The van der Waals surface area contributed by atoms with Crippen LogP contribution in [-0.4, -0.2) is 61.9 Å². The van der Waals surface area contributed by atoms with E-state index in [0.717, 1.165) is 37.8 Å². The second-order valence-corrected chi connectivity index (χ2v) is 7.92. The highest BCUT2D eigenvalue weighted by Crippen LogP contribution is 2.20. The zero-order valence-electron chi connectivity index (χ0n) is 17.4. The minimum atomic E-state index is -0.667. The van der Waals surface area contributed by atoms with Gasteiger partial charge in [0.1, 0.15) is 6.04 Å². The number of carbonyl (C=O) groups excluding carboxylic acids is 2. The van der Waals surface area contributed by atoms with Crippen molar-refractivity contribution < 1.29 is 19.2 Å². The number of carbonyl (C=O) groups is 2. The van der Waals surface area contributed by atoms with Crippen LogP contribution >= 0.6 is 0 Å². The molecule has 7 nitrogen and oxygen atoms in total. The van der Waals surface area contributed by atoms with Crippen LogP contribution in [0.15, 0.2) is 30.3 Å². The number of rotatable bonds is 8. The lowest BCUT2D eigenvalue weighted by molar-refractivity contribution is -0.199. The van der Waals surface area contributed by atoms with Gasteiger partial charge in [-0.3, -0.25) is 14.4 Å². The molecule has 4 atom stereocenters. The van der Waals surface area contributed by atoms with Crippen LogP contribution in [0.5, 0.6) is 0 Å². The van der Waals surface area contributed by atoms with Crippen molar-refractivity contribution in [1.82, 2.24) is 15.7 Å². The average molecular weight is 404 g/mol. The number of hydrogen-bond donors (Lipinski definition) is 2. The maximum Gasteiger partial charge on any atom is 0.269 e. The molecule has 0 spiro atoms. The predicted octanol–water partition coefficient (Wildman–Crippen LogP) is 1.67. The van der Waals surface area contributed by atoms with E-state index >= 15 is 0 Å². The van der Waals surface area contributed by atoms with Crippen LogP contribution < -0.4 is 10.6 Å². The van der Waals surface area contributed by atoms with Crippen LogP contribution in [0.3, 0.4) is 0 Å². The molecule has 29 heavy (non-hydrogen) atoms. The highest BCUT2D eigenvalue weighted by atomic mass is 16.7. The first-order chi connectivity index (χ1) is 14.1. The van der Waals surface area contributed by atoms with E-state index in [1.165, 1.54) is 5.06 Å². The molecule has 2 fully saturated rings. The van der Waals surface area contributed by atoms with Crippen molar-refractivity contribution in [2.75, 3.05) is 26.8 Å². The van der Waals surface area contributed by atoms with Gasteiger partial charge in [-0.1, -0.05) is 37.3 Å². The molecular weight excluding hydrogens is 370 g/mol. The normalized spacial score (nSPS) is 22.7. The molecule has 2 aliphatic rings. The van der Waals surface area contributed by atoms with Gasteiger partial charge in [0.2, 0.25) is 5.91 Å². The predicted molar refractivity (Wildman–Crippen MR) is 110 cm³/mol. The van der Waals surface area contributed by atoms with E-state index < -0.39 is 6.04 Å². The monoisotopic (exact) mass is 403 g/mol. The van der Waals surface area contributed by atoms with Gasteiger partial charge in [-0.15, -0.1) is 0 Å². The average Bonchev–Trinajstić information content (AvgIpc) is 3.29. The number of methoxy groups -OCH3 is 1. The summed E-state index contributed by atoms with van der Waals surface area (Å²) in [5, 5.41) is 7.80. The van der Waals surface area contributed by atoms with Crippen molar-refractivity contribution in [3.05, 3.63) is 35.9 Å². The second kappa shape index (κ2) is 10.7. The van der Waals surface area contributed by atoms with Gasteiger partial charge in [-0.25, -0.2) is 5.06 Å². The van der Waals surface area contributed by atoms with E-state index in [-0.39, 0.29) is 29.9 Å². The third-order valence-corrected chi connectivity index (χ3v) is 5.82. The largest absolute Gasteiger partial charge is 0.379 e. The van der Waals surface area contributed by atoms with Gasteiger partial charge >= 0.3 is 0 Å². The standard InChI is InChI=1S/C22H33N3O4/c1-16(20(28-2)18-11-8-12-23-18)21(26)24-19(15-17-9-4-3-5-10-17)22(27)25-13-6-7-14-29-25/h3-5,9-10,16,18-20,23H,6-8,11-15H2,1-2H3,(H,24,26). The maximum absolute atomic E-state index is 13.1. The van der Waals surface area contributed by atoms with Gasteiger partial charge in [-0.05, 0) is 37.8 Å². The molecule has 0 aliphatic carbocycles. The Balaban J connectivity index is 1.70. The lowest BCUT2D eigenvalue weighted by Crippen LogP contribution is -2.54. The minimum absolute atomic E-state index is 0.162. The van der Waals surface area contributed by atoms with E-state index in [0.29, 0.717) is 19.6 Å². The number of hydrogen-bond acceptors (Lipinski definition) is 5.